The molecule has 0 spiro atoms. The molecule has 1 N–H and O–H groups in total. The van der Waals surface area contributed by atoms with Gasteiger partial charge in [0.1, 0.15) is 16.1 Å². The van der Waals surface area contributed by atoms with Crippen LogP contribution in [0.3, 0.4) is 0 Å². The predicted octanol–water partition coefficient (Wildman–Crippen LogP) is 4.28. The molecule has 2 aromatic carbocycles. The van der Waals surface area contributed by atoms with E-state index in [4.69, 9.17) is 17.0 Å². The number of hydrogen-bond acceptors (Lipinski definition) is 3. The van der Waals surface area contributed by atoms with Gasteiger partial charge < -0.3 is 4.74 Å². The van der Waals surface area contributed by atoms with Crippen molar-refractivity contribution in [3.63, 3.8) is 0 Å². The summed E-state index contributed by atoms with van der Waals surface area (Å²) in [4.78, 5) is 0. The zero-order valence-corrected chi connectivity index (χ0v) is 12.1. The van der Waals surface area contributed by atoms with Crippen LogP contribution in [0.4, 0.5) is 0 Å². The number of H-pyrrole nitrogens is 1. The van der Waals surface area contributed by atoms with Crippen molar-refractivity contribution >= 4 is 23.0 Å². The number of nitrogens with zero attached hydrogens (tertiary/aromatic N) is 1. The van der Waals surface area contributed by atoms with Crippen LogP contribution in [0.2, 0.25) is 0 Å². The molecule has 3 nitrogen and oxygen atoms in total. The van der Waals surface area contributed by atoms with Crippen molar-refractivity contribution in [2.75, 3.05) is 7.11 Å². The van der Waals surface area contributed by atoms with E-state index in [-0.39, 0.29) is 0 Å². The van der Waals surface area contributed by atoms with E-state index in [2.05, 4.69) is 23.2 Å². The third kappa shape index (κ3) is 2.08. The summed E-state index contributed by atoms with van der Waals surface area (Å²) in [6, 6.07) is 14.1. The van der Waals surface area contributed by atoms with Crippen molar-refractivity contribution in [3.05, 3.63) is 52.7 Å². The zero-order chi connectivity index (χ0) is 14.1. The maximum atomic E-state index is 5.45. The Morgan fingerprint density at radius 1 is 1.10 bits per heavy atom. The highest BCUT2D eigenvalue weighted by molar-refractivity contribution is 7.71. The number of hydrogen-bond donors (Lipinski definition) is 1. The molecule has 3 aromatic rings. The van der Waals surface area contributed by atoms with Gasteiger partial charge in [0.2, 0.25) is 0 Å². The van der Waals surface area contributed by atoms with Gasteiger partial charge in [-0.1, -0.05) is 48.1 Å². The summed E-state index contributed by atoms with van der Waals surface area (Å²) in [7, 11) is 1.67. The van der Waals surface area contributed by atoms with Gasteiger partial charge in [0.15, 0.2) is 0 Å². The van der Waals surface area contributed by atoms with E-state index in [1.54, 1.807) is 7.11 Å². The number of methoxy groups -OCH3 is 1. The fourth-order valence-corrected chi connectivity index (χ4v) is 2.55. The average molecular weight is 282 g/mol. The fraction of sp³-hybridized carbons (Fsp3) is 0.125. The predicted molar refractivity (Wildman–Crippen MR) is 83.7 cm³/mol. The normalized spacial score (nSPS) is 10.7. The molecule has 0 saturated carbocycles. The van der Waals surface area contributed by atoms with E-state index < -0.39 is 0 Å². The molecule has 0 atom stereocenters. The summed E-state index contributed by atoms with van der Waals surface area (Å²) in [5, 5.41) is 9.36. The lowest BCUT2D eigenvalue weighted by molar-refractivity contribution is 0.416. The van der Waals surface area contributed by atoms with Gasteiger partial charge >= 0.3 is 0 Å². The van der Waals surface area contributed by atoms with Crippen LogP contribution in [0.15, 0.2) is 42.5 Å². The third-order valence-electron chi connectivity index (χ3n) is 3.31. The molecule has 0 bridgehead atoms. The first-order chi connectivity index (χ1) is 9.70. The highest BCUT2D eigenvalue weighted by Crippen LogP contribution is 2.33. The number of benzene rings is 2. The molecule has 0 radical (unpaired) electrons. The van der Waals surface area contributed by atoms with Gasteiger partial charge in [0.05, 0.1) is 7.11 Å². The van der Waals surface area contributed by atoms with Crippen molar-refractivity contribution in [2.24, 2.45) is 0 Å². The Labute approximate surface area is 122 Å². The van der Waals surface area contributed by atoms with Crippen molar-refractivity contribution in [3.8, 4) is 17.0 Å². The SMILES string of the molecule is COc1ccc(C)cc1-c1n[nH]c(=S)c2ccccc12. The van der Waals surface area contributed by atoms with Crippen LogP contribution in [0.5, 0.6) is 5.75 Å². The molecule has 4 heteroatoms. The summed E-state index contributed by atoms with van der Waals surface area (Å²) < 4.78 is 6.10. The molecule has 1 heterocycles. The summed E-state index contributed by atoms with van der Waals surface area (Å²) in [5.74, 6) is 0.804. The number of aryl methyl sites for hydroxylation is 1. The minimum absolute atomic E-state index is 0.649. The lowest BCUT2D eigenvalue weighted by Gasteiger charge is -2.11. The van der Waals surface area contributed by atoms with Crippen LogP contribution in [-0.2, 0) is 0 Å². The molecular weight excluding hydrogens is 268 g/mol. The highest BCUT2D eigenvalue weighted by Gasteiger charge is 2.12. The third-order valence-corrected chi connectivity index (χ3v) is 3.62. The Hall–Kier alpha value is -2.20. The van der Waals surface area contributed by atoms with Crippen LogP contribution in [-0.4, -0.2) is 17.3 Å². The Bertz CT molecular complexity index is 839. The minimum Gasteiger partial charge on any atom is -0.496 e. The van der Waals surface area contributed by atoms with E-state index >= 15 is 0 Å². The molecule has 20 heavy (non-hydrogen) atoms. The summed E-state index contributed by atoms with van der Waals surface area (Å²) >= 11 is 5.30. The lowest BCUT2D eigenvalue weighted by atomic mass is 10.0. The fourth-order valence-electron chi connectivity index (χ4n) is 2.33. The number of fused-ring (bicyclic) bond motifs is 1. The number of aromatic amines is 1. The summed E-state index contributed by atoms with van der Waals surface area (Å²) in [5.41, 5.74) is 2.99. The Morgan fingerprint density at radius 3 is 2.60 bits per heavy atom. The molecule has 3 rings (SSSR count). The van der Waals surface area contributed by atoms with Crippen molar-refractivity contribution in [1.29, 1.82) is 0 Å². The topological polar surface area (TPSA) is 37.9 Å². The van der Waals surface area contributed by atoms with Gasteiger partial charge in [-0.05, 0) is 19.1 Å². The second kappa shape index (κ2) is 5.06. The largest absolute Gasteiger partial charge is 0.496 e. The minimum atomic E-state index is 0.649. The van der Waals surface area contributed by atoms with Gasteiger partial charge in [0.25, 0.3) is 0 Å². The summed E-state index contributed by atoms with van der Waals surface area (Å²) in [6.07, 6.45) is 0. The van der Waals surface area contributed by atoms with Crippen LogP contribution < -0.4 is 4.74 Å². The molecule has 1 aromatic heterocycles. The average Bonchev–Trinajstić information content (AvgIpc) is 2.48. The zero-order valence-electron chi connectivity index (χ0n) is 11.3. The summed E-state index contributed by atoms with van der Waals surface area (Å²) in [6.45, 7) is 2.05. The molecule has 0 aliphatic carbocycles. The number of rotatable bonds is 2. The van der Waals surface area contributed by atoms with Gasteiger partial charge in [-0.2, -0.15) is 5.10 Å². The van der Waals surface area contributed by atoms with Gasteiger partial charge in [-0.15, -0.1) is 0 Å². The number of aromatic nitrogens is 2. The second-order valence-corrected chi connectivity index (χ2v) is 5.06. The van der Waals surface area contributed by atoms with E-state index in [1.807, 2.05) is 36.4 Å². The first-order valence-corrected chi connectivity index (χ1v) is 6.74. The Kier molecular flexibility index (Phi) is 3.24. The van der Waals surface area contributed by atoms with Crippen LogP contribution in [0.1, 0.15) is 5.56 Å². The van der Waals surface area contributed by atoms with E-state index in [9.17, 15) is 0 Å². The van der Waals surface area contributed by atoms with Gasteiger partial charge in [0, 0.05) is 16.3 Å². The molecule has 0 saturated heterocycles. The Balaban J connectivity index is 2.39. The van der Waals surface area contributed by atoms with E-state index in [0.717, 1.165) is 33.3 Å². The standard InChI is InChI=1S/C16H14N2OS/c1-10-7-8-14(19-2)13(9-10)15-11-5-3-4-6-12(11)16(20)18-17-15/h3-9H,1-2H3,(H,18,20). The smallest absolute Gasteiger partial charge is 0.128 e. The maximum absolute atomic E-state index is 5.45. The number of nitrogens with one attached hydrogen (secondary N) is 1. The molecule has 0 unspecified atom stereocenters. The molecular formula is C16H14N2OS. The quantitative estimate of drug-likeness (QED) is 0.713. The highest BCUT2D eigenvalue weighted by atomic mass is 32.1. The second-order valence-electron chi connectivity index (χ2n) is 4.65. The lowest BCUT2D eigenvalue weighted by Crippen LogP contribution is -1.95. The van der Waals surface area contributed by atoms with Crippen LogP contribution >= 0.6 is 12.2 Å². The first kappa shape index (κ1) is 12.8. The molecule has 0 fully saturated rings. The van der Waals surface area contributed by atoms with Gasteiger partial charge in [-0.25, -0.2) is 0 Å². The van der Waals surface area contributed by atoms with Crippen molar-refractivity contribution in [2.45, 2.75) is 6.92 Å². The molecule has 0 aliphatic rings. The van der Waals surface area contributed by atoms with E-state index in [1.165, 1.54) is 0 Å². The van der Waals surface area contributed by atoms with Crippen LogP contribution in [0.25, 0.3) is 22.0 Å². The van der Waals surface area contributed by atoms with E-state index in [0.29, 0.717) is 4.64 Å². The molecule has 0 amide bonds. The van der Waals surface area contributed by atoms with Crippen molar-refractivity contribution in [1.82, 2.24) is 10.2 Å². The monoisotopic (exact) mass is 282 g/mol. The Morgan fingerprint density at radius 2 is 1.85 bits per heavy atom. The molecule has 0 aliphatic heterocycles. The van der Waals surface area contributed by atoms with Gasteiger partial charge in [-0.3, -0.25) is 5.10 Å². The van der Waals surface area contributed by atoms with Crippen LogP contribution in [0, 0.1) is 11.6 Å². The van der Waals surface area contributed by atoms with Crippen molar-refractivity contribution < 1.29 is 4.74 Å². The first-order valence-electron chi connectivity index (χ1n) is 6.33. The number of ether oxygens (including phenoxy) is 1. The maximum Gasteiger partial charge on any atom is 0.128 e. The molecule has 100 valence electrons.